The minimum atomic E-state index is -0.0748. The van der Waals surface area contributed by atoms with E-state index in [0.717, 1.165) is 27.7 Å². The Morgan fingerprint density at radius 1 is 1.24 bits per heavy atom. The van der Waals surface area contributed by atoms with E-state index in [1.807, 2.05) is 44.2 Å². The molecule has 0 aromatic heterocycles. The second kappa shape index (κ2) is 5.58. The third-order valence-corrected chi connectivity index (χ3v) is 3.34. The van der Waals surface area contributed by atoms with Gasteiger partial charge in [0, 0.05) is 12.1 Å². The van der Waals surface area contributed by atoms with Crippen molar-refractivity contribution in [1.82, 2.24) is 10.9 Å². The first kappa shape index (κ1) is 13.6. The monoisotopic (exact) mass is 282 g/mol. The molecule has 0 saturated carbocycles. The van der Waals surface area contributed by atoms with Gasteiger partial charge in [0.1, 0.15) is 5.75 Å². The molecule has 2 N–H and O–H groups in total. The maximum Gasteiger partial charge on any atom is 0.262 e. The number of fused-ring (bicyclic) bond motifs is 1. The van der Waals surface area contributed by atoms with Gasteiger partial charge in [-0.1, -0.05) is 24.3 Å². The third kappa shape index (κ3) is 2.90. The lowest BCUT2D eigenvalue weighted by Gasteiger charge is -2.12. The van der Waals surface area contributed by atoms with Gasteiger partial charge in [0.2, 0.25) is 0 Å². The molecule has 4 heteroatoms. The van der Waals surface area contributed by atoms with Crippen LogP contribution < -0.4 is 15.6 Å². The fourth-order valence-electron chi connectivity index (χ4n) is 2.46. The molecule has 1 saturated heterocycles. The van der Waals surface area contributed by atoms with Crippen molar-refractivity contribution in [2.75, 3.05) is 6.54 Å². The number of carbonyl (C=O) groups is 1. The topological polar surface area (TPSA) is 50.4 Å². The van der Waals surface area contributed by atoms with Gasteiger partial charge in [-0.15, -0.1) is 0 Å². The predicted molar refractivity (Wildman–Crippen MR) is 83.8 cm³/mol. The number of benzene rings is 2. The van der Waals surface area contributed by atoms with Gasteiger partial charge in [-0.2, -0.15) is 0 Å². The van der Waals surface area contributed by atoms with Crippen molar-refractivity contribution in [3.63, 3.8) is 0 Å². The van der Waals surface area contributed by atoms with Crippen LogP contribution in [-0.4, -0.2) is 18.6 Å². The van der Waals surface area contributed by atoms with E-state index in [1.54, 1.807) is 0 Å². The highest BCUT2D eigenvalue weighted by Crippen LogP contribution is 2.28. The molecule has 1 aliphatic rings. The predicted octanol–water partition coefficient (Wildman–Crippen LogP) is 2.64. The van der Waals surface area contributed by atoms with Gasteiger partial charge in [-0.3, -0.25) is 10.2 Å². The van der Waals surface area contributed by atoms with E-state index < -0.39 is 0 Å². The van der Waals surface area contributed by atoms with Crippen LogP contribution in [0.25, 0.3) is 16.8 Å². The highest BCUT2D eigenvalue weighted by atomic mass is 16.5. The minimum absolute atomic E-state index is 0.0748. The summed E-state index contributed by atoms with van der Waals surface area (Å²) in [5, 5.41) is 2.22. The number of hydrogen-bond donors (Lipinski definition) is 2. The first-order chi connectivity index (χ1) is 10.1. The van der Waals surface area contributed by atoms with E-state index in [2.05, 4.69) is 23.0 Å². The Bertz CT molecular complexity index is 720. The molecule has 1 heterocycles. The van der Waals surface area contributed by atoms with Crippen molar-refractivity contribution in [2.24, 2.45) is 0 Å². The molecule has 0 aliphatic carbocycles. The summed E-state index contributed by atoms with van der Waals surface area (Å²) in [5.74, 6) is 0.746. The summed E-state index contributed by atoms with van der Waals surface area (Å²) in [6.07, 6.45) is 2.04. The summed E-state index contributed by atoms with van der Waals surface area (Å²) in [7, 11) is 0. The Kier molecular flexibility index (Phi) is 3.62. The zero-order valence-electron chi connectivity index (χ0n) is 12.1. The van der Waals surface area contributed by atoms with E-state index in [-0.39, 0.29) is 12.0 Å². The van der Waals surface area contributed by atoms with Crippen LogP contribution in [0, 0.1) is 0 Å². The van der Waals surface area contributed by atoms with Crippen molar-refractivity contribution in [3.05, 3.63) is 47.5 Å². The smallest absolute Gasteiger partial charge is 0.262 e. The lowest BCUT2D eigenvalue weighted by Crippen LogP contribution is -2.25. The molecule has 1 amide bonds. The summed E-state index contributed by atoms with van der Waals surface area (Å²) in [6.45, 7) is 4.53. The van der Waals surface area contributed by atoms with E-state index in [4.69, 9.17) is 4.74 Å². The third-order valence-electron chi connectivity index (χ3n) is 3.34. The molecule has 2 aromatic carbocycles. The van der Waals surface area contributed by atoms with Crippen molar-refractivity contribution in [3.8, 4) is 5.75 Å². The summed E-state index contributed by atoms with van der Waals surface area (Å²) in [6, 6.07) is 12.1. The zero-order chi connectivity index (χ0) is 14.8. The van der Waals surface area contributed by atoms with Crippen molar-refractivity contribution in [1.29, 1.82) is 0 Å². The molecule has 0 radical (unpaired) electrons. The van der Waals surface area contributed by atoms with Gasteiger partial charge in [0.15, 0.2) is 0 Å². The average Bonchev–Trinajstić information content (AvgIpc) is 2.83. The minimum Gasteiger partial charge on any atom is -0.491 e. The van der Waals surface area contributed by atoms with Crippen LogP contribution in [0.1, 0.15) is 19.4 Å². The first-order valence-corrected chi connectivity index (χ1v) is 7.07. The van der Waals surface area contributed by atoms with Crippen LogP contribution >= 0.6 is 0 Å². The lowest BCUT2D eigenvalue weighted by atomic mass is 10.0. The van der Waals surface area contributed by atoms with Gasteiger partial charge in [-0.25, -0.2) is 5.43 Å². The van der Waals surface area contributed by atoms with Crippen molar-refractivity contribution < 1.29 is 9.53 Å². The molecule has 3 rings (SSSR count). The Balaban J connectivity index is 2.12. The molecule has 0 spiro atoms. The van der Waals surface area contributed by atoms with Gasteiger partial charge in [0.05, 0.1) is 6.10 Å². The largest absolute Gasteiger partial charge is 0.491 e. The fraction of sp³-hybridized carbons (Fsp3) is 0.235. The van der Waals surface area contributed by atoms with E-state index in [1.165, 1.54) is 0 Å². The van der Waals surface area contributed by atoms with E-state index in [0.29, 0.717) is 6.54 Å². The molecular weight excluding hydrogens is 264 g/mol. The second-order valence-corrected chi connectivity index (χ2v) is 5.38. The normalized spacial score (nSPS) is 16.7. The number of amides is 1. The number of ether oxygens (including phenoxy) is 1. The average molecular weight is 282 g/mol. The van der Waals surface area contributed by atoms with Crippen molar-refractivity contribution in [2.45, 2.75) is 20.0 Å². The molecule has 1 aliphatic heterocycles. The quantitative estimate of drug-likeness (QED) is 0.851. The lowest BCUT2D eigenvalue weighted by molar-refractivity contribution is -0.116. The fourth-order valence-corrected chi connectivity index (χ4v) is 2.46. The molecule has 0 unspecified atom stereocenters. The standard InChI is InChI=1S/C17H18N2O2/c1-11(2)21-15-8-12-5-3-4-6-16(12)13(9-15)7-14-10-18-19-17(14)20/h3-9,11,18H,10H2,1-2H3,(H,19,20)/b14-7+. The molecule has 21 heavy (non-hydrogen) atoms. The number of rotatable bonds is 3. The maximum atomic E-state index is 11.7. The van der Waals surface area contributed by atoms with E-state index >= 15 is 0 Å². The van der Waals surface area contributed by atoms with Gasteiger partial charge in [-0.05, 0) is 48.4 Å². The molecule has 4 nitrogen and oxygen atoms in total. The summed E-state index contributed by atoms with van der Waals surface area (Å²) >= 11 is 0. The number of nitrogens with one attached hydrogen (secondary N) is 2. The van der Waals surface area contributed by atoms with Crippen LogP contribution in [0.15, 0.2) is 42.0 Å². The number of hydrogen-bond acceptors (Lipinski definition) is 3. The molecule has 0 bridgehead atoms. The Labute approximate surface area is 123 Å². The molecular formula is C17H18N2O2. The Hall–Kier alpha value is -2.33. The van der Waals surface area contributed by atoms with Crippen LogP contribution in [0.5, 0.6) is 5.75 Å². The summed E-state index contributed by atoms with van der Waals surface area (Å²) in [4.78, 5) is 11.7. The van der Waals surface area contributed by atoms with Crippen LogP contribution in [-0.2, 0) is 4.79 Å². The number of hydrazine groups is 1. The highest BCUT2D eigenvalue weighted by molar-refractivity contribution is 6.02. The zero-order valence-corrected chi connectivity index (χ0v) is 12.1. The number of carbonyl (C=O) groups excluding carboxylic acids is 1. The van der Waals surface area contributed by atoms with Crippen LogP contribution in [0.3, 0.4) is 0 Å². The molecule has 1 fully saturated rings. The summed E-state index contributed by atoms with van der Waals surface area (Å²) < 4.78 is 5.81. The van der Waals surface area contributed by atoms with Crippen LogP contribution in [0.2, 0.25) is 0 Å². The molecule has 108 valence electrons. The molecule has 2 aromatic rings. The van der Waals surface area contributed by atoms with Gasteiger partial charge < -0.3 is 4.74 Å². The SMILES string of the molecule is CC(C)Oc1cc(/C=C2\CNNC2=O)c2ccccc2c1. The first-order valence-electron chi connectivity index (χ1n) is 7.07. The van der Waals surface area contributed by atoms with E-state index in [9.17, 15) is 4.79 Å². The van der Waals surface area contributed by atoms with Gasteiger partial charge in [0.25, 0.3) is 5.91 Å². The Morgan fingerprint density at radius 2 is 2.05 bits per heavy atom. The summed E-state index contributed by atoms with van der Waals surface area (Å²) in [5.41, 5.74) is 7.16. The molecule has 0 atom stereocenters. The highest BCUT2D eigenvalue weighted by Gasteiger charge is 2.16. The Morgan fingerprint density at radius 3 is 2.76 bits per heavy atom. The van der Waals surface area contributed by atoms with Crippen LogP contribution in [0.4, 0.5) is 0 Å². The maximum absolute atomic E-state index is 11.7. The van der Waals surface area contributed by atoms with Crippen molar-refractivity contribution >= 4 is 22.8 Å². The van der Waals surface area contributed by atoms with Gasteiger partial charge >= 0.3 is 0 Å². The second-order valence-electron chi connectivity index (χ2n) is 5.38.